The highest BCUT2D eigenvalue weighted by atomic mass is 16.5. The van der Waals surface area contributed by atoms with Gasteiger partial charge in [0.15, 0.2) is 0 Å². The molecule has 1 N–H and O–H groups in total. The Labute approximate surface area is 85.3 Å². The lowest BCUT2D eigenvalue weighted by Crippen LogP contribution is -2.01. The van der Waals surface area contributed by atoms with E-state index >= 15 is 0 Å². The molecule has 2 nitrogen and oxygen atoms in total. The van der Waals surface area contributed by atoms with Gasteiger partial charge in [-0.15, -0.1) is 0 Å². The number of nitrogens with one attached hydrogen (secondary N) is 1. The number of rotatable bonds is 1. The molecule has 1 unspecified atom stereocenters. The highest BCUT2D eigenvalue weighted by Gasteiger charge is 2.12. The molecule has 0 amide bonds. The van der Waals surface area contributed by atoms with E-state index in [2.05, 4.69) is 24.4 Å². The third kappa shape index (κ3) is 1.84. The van der Waals surface area contributed by atoms with Gasteiger partial charge in [0.1, 0.15) is 5.75 Å². The average Bonchev–Trinajstić information content (AvgIpc) is 2.37. The van der Waals surface area contributed by atoms with Crippen molar-refractivity contribution in [1.82, 2.24) is 0 Å². The van der Waals surface area contributed by atoms with Crippen LogP contribution in [0.1, 0.15) is 18.9 Å². The van der Waals surface area contributed by atoms with Gasteiger partial charge in [0.25, 0.3) is 0 Å². The quantitative estimate of drug-likeness (QED) is 0.737. The number of methoxy groups -OCH3 is 1. The van der Waals surface area contributed by atoms with E-state index in [4.69, 9.17) is 4.74 Å². The summed E-state index contributed by atoms with van der Waals surface area (Å²) >= 11 is 0. The summed E-state index contributed by atoms with van der Waals surface area (Å²) < 4.78 is 5.23. The van der Waals surface area contributed by atoms with E-state index in [-0.39, 0.29) is 0 Å². The SMILES string of the molecule is COc1ccc2c(c1)CC(C)CCN2. The van der Waals surface area contributed by atoms with E-state index in [1.807, 2.05) is 6.07 Å². The van der Waals surface area contributed by atoms with Crippen LogP contribution in [0.4, 0.5) is 5.69 Å². The molecule has 14 heavy (non-hydrogen) atoms. The maximum atomic E-state index is 5.23. The first kappa shape index (κ1) is 9.38. The minimum atomic E-state index is 0.760. The molecule has 2 rings (SSSR count). The highest BCUT2D eigenvalue weighted by molar-refractivity contribution is 5.55. The van der Waals surface area contributed by atoms with E-state index in [0.29, 0.717) is 0 Å². The summed E-state index contributed by atoms with van der Waals surface area (Å²) in [6.45, 7) is 3.39. The third-order valence-electron chi connectivity index (χ3n) is 2.83. The monoisotopic (exact) mass is 191 g/mol. The molecule has 1 atom stereocenters. The van der Waals surface area contributed by atoms with Gasteiger partial charge in [0, 0.05) is 12.2 Å². The van der Waals surface area contributed by atoms with Crippen molar-refractivity contribution in [3.05, 3.63) is 23.8 Å². The molecule has 0 bridgehead atoms. The van der Waals surface area contributed by atoms with Crippen LogP contribution < -0.4 is 10.1 Å². The molecule has 0 radical (unpaired) electrons. The summed E-state index contributed by atoms with van der Waals surface area (Å²) in [5, 5.41) is 3.45. The zero-order valence-electron chi connectivity index (χ0n) is 8.84. The van der Waals surface area contributed by atoms with E-state index in [0.717, 1.165) is 24.6 Å². The second-order valence-corrected chi connectivity index (χ2v) is 4.05. The Morgan fingerprint density at radius 3 is 3.07 bits per heavy atom. The highest BCUT2D eigenvalue weighted by Crippen LogP contribution is 2.27. The third-order valence-corrected chi connectivity index (χ3v) is 2.83. The van der Waals surface area contributed by atoms with Gasteiger partial charge in [-0.25, -0.2) is 0 Å². The van der Waals surface area contributed by atoms with Crippen molar-refractivity contribution in [3.63, 3.8) is 0 Å². The van der Waals surface area contributed by atoms with Gasteiger partial charge in [-0.3, -0.25) is 0 Å². The predicted octanol–water partition coefficient (Wildman–Crippen LogP) is 2.69. The van der Waals surface area contributed by atoms with Crippen LogP contribution >= 0.6 is 0 Å². The van der Waals surface area contributed by atoms with Crippen molar-refractivity contribution in [2.75, 3.05) is 19.0 Å². The first-order chi connectivity index (χ1) is 6.79. The summed E-state index contributed by atoms with van der Waals surface area (Å²) in [6.07, 6.45) is 2.40. The minimum Gasteiger partial charge on any atom is -0.497 e. The fourth-order valence-electron chi connectivity index (χ4n) is 1.97. The van der Waals surface area contributed by atoms with Crippen molar-refractivity contribution in [1.29, 1.82) is 0 Å². The number of anilines is 1. The normalized spacial score (nSPS) is 20.6. The lowest BCUT2D eigenvalue weighted by atomic mass is 9.99. The number of benzene rings is 1. The molecule has 1 aromatic rings. The summed E-state index contributed by atoms with van der Waals surface area (Å²) in [5.74, 6) is 1.72. The Bertz CT molecular complexity index is 322. The summed E-state index contributed by atoms with van der Waals surface area (Å²) in [7, 11) is 1.72. The summed E-state index contributed by atoms with van der Waals surface area (Å²) in [5.41, 5.74) is 2.66. The predicted molar refractivity (Wildman–Crippen MR) is 59.0 cm³/mol. The number of fused-ring (bicyclic) bond motifs is 1. The molecular weight excluding hydrogens is 174 g/mol. The van der Waals surface area contributed by atoms with Crippen LogP contribution in [-0.4, -0.2) is 13.7 Å². The average molecular weight is 191 g/mol. The van der Waals surface area contributed by atoms with Crippen molar-refractivity contribution >= 4 is 5.69 Å². The number of ether oxygens (including phenoxy) is 1. The summed E-state index contributed by atoms with van der Waals surface area (Å²) in [6, 6.07) is 6.28. The fourth-order valence-corrected chi connectivity index (χ4v) is 1.97. The van der Waals surface area contributed by atoms with Crippen molar-refractivity contribution in [2.24, 2.45) is 5.92 Å². The molecule has 76 valence electrons. The van der Waals surface area contributed by atoms with Crippen molar-refractivity contribution < 1.29 is 4.74 Å². The van der Waals surface area contributed by atoms with Crippen LogP contribution in [0, 0.1) is 5.92 Å². The Morgan fingerprint density at radius 1 is 1.43 bits per heavy atom. The smallest absolute Gasteiger partial charge is 0.119 e. The second-order valence-electron chi connectivity index (χ2n) is 4.05. The fraction of sp³-hybridized carbons (Fsp3) is 0.500. The molecular formula is C12H17NO. The molecule has 0 spiro atoms. The molecule has 2 heteroatoms. The van der Waals surface area contributed by atoms with Gasteiger partial charge < -0.3 is 10.1 Å². The Hall–Kier alpha value is -1.18. The van der Waals surface area contributed by atoms with Gasteiger partial charge >= 0.3 is 0 Å². The van der Waals surface area contributed by atoms with Gasteiger partial charge in [-0.05, 0) is 42.5 Å². The Balaban J connectivity index is 2.32. The molecule has 0 saturated carbocycles. The number of hydrogen-bond acceptors (Lipinski definition) is 2. The zero-order valence-corrected chi connectivity index (χ0v) is 8.84. The molecule has 1 aliphatic rings. The van der Waals surface area contributed by atoms with Crippen molar-refractivity contribution in [2.45, 2.75) is 19.8 Å². The largest absolute Gasteiger partial charge is 0.497 e. The van der Waals surface area contributed by atoms with Gasteiger partial charge in [-0.1, -0.05) is 6.92 Å². The first-order valence-corrected chi connectivity index (χ1v) is 5.20. The first-order valence-electron chi connectivity index (χ1n) is 5.20. The second kappa shape index (κ2) is 3.91. The lowest BCUT2D eigenvalue weighted by Gasteiger charge is -2.09. The molecule has 0 aromatic heterocycles. The van der Waals surface area contributed by atoms with Crippen molar-refractivity contribution in [3.8, 4) is 5.75 Å². The van der Waals surface area contributed by atoms with Gasteiger partial charge in [0.05, 0.1) is 7.11 Å². The lowest BCUT2D eigenvalue weighted by molar-refractivity contribution is 0.414. The Kier molecular flexibility index (Phi) is 2.62. The van der Waals surface area contributed by atoms with Crippen LogP contribution in [0.2, 0.25) is 0 Å². The Morgan fingerprint density at radius 2 is 2.29 bits per heavy atom. The van der Waals surface area contributed by atoms with Crippen LogP contribution in [0.25, 0.3) is 0 Å². The zero-order chi connectivity index (χ0) is 9.97. The van der Waals surface area contributed by atoms with E-state index in [1.165, 1.54) is 17.7 Å². The minimum absolute atomic E-state index is 0.760. The maximum absolute atomic E-state index is 5.23. The van der Waals surface area contributed by atoms with Crippen LogP contribution in [0.5, 0.6) is 5.75 Å². The molecule has 0 saturated heterocycles. The standard InChI is InChI=1S/C12H17NO/c1-9-5-6-13-12-4-3-11(14-2)8-10(12)7-9/h3-4,8-9,13H,5-7H2,1-2H3. The molecule has 0 aliphatic carbocycles. The topological polar surface area (TPSA) is 21.3 Å². The van der Waals surface area contributed by atoms with Gasteiger partial charge in [-0.2, -0.15) is 0 Å². The van der Waals surface area contributed by atoms with Crippen LogP contribution in [0.15, 0.2) is 18.2 Å². The van der Waals surface area contributed by atoms with E-state index in [1.54, 1.807) is 7.11 Å². The van der Waals surface area contributed by atoms with Crippen LogP contribution in [-0.2, 0) is 6.42 Å². The summed E-state index contributed by atoms with van der Waals surface area (Å²) in [4.78, 5) is 0. The molecule has 1 aromatic carbocycles. The molecule has 1 aliphatic heterocycles. The van der Waals surface area contributed by atoms with E-state index < -0.39 is 0 Å². The van der Waals surface area contributed by atoms with E-state index in [9.17, 15) is 0 Å². The maximum Gasteiger partial charge on any atom is 0.119 e. The van der Waals surface area contributed by atoms with Gasteiger partial charge in [0.2, 0.25) is 0 Å². The molecule has 0 fully saturated rings. The molecule has 1 heterocycles. The van der Waals surface area contributed by atoms with Crippen LogP contribution in [0.3, 0.4) is 0 Å². The number of hydrogen-bond donors (Lipinski definition) is 1.